The highest BCUT2D eigenvalue weighted by atomic mass is 15.1. The van der Waals surface area contributed by atoms with Crippen LogP contribution in [-0.2, 0) is 0 Å². The second kappa shape index (κ2) is 5.55. The Labute approximate surface area is 77.1 Å². The lowest BCUT2D eigenvalue weighted by molar-refractivity contribution is 0.232. The molecule has 0 saturated heterocycles. The molecule has 0 spiro atoms. The summed E-state index contributed by atoms with van der Waals surface area (Å²) in [7, 11) is 4.27. The fraction of sp³-hybridized carbons (Fsp3) is 1.00. The molecule has 74 valence electrons. The van der Waals surface area contributed by atoms with Crippen LogP contribution in [-0.4, -0.2) is 31.1 Å². The Morgan fingerprint density at radius 3 is 1.83 bits per heavy atom. The van der Waals surface area contributed by atoms with Crippen LogP contribution in [0, 0.1) is 5.92 Å². The molecule has 0 rings (SSSR count). The standard InChI is InChI=1S/C10H24N2/c1-8(2)6-10(12(4)5)7-9(3)11/h8-10H,6-7,11H2,1-5H3. The van der Waals surface area contributed by atoms with Crippen molar-refractivity contribution in [1.82, 2.24) is 4.90 Å². The summed E-state index contributed by atoms with van der Waals surface area (Å²) in [6.07, 6.45) is 2.35. The van der Waals surface area contributed by atoms with Crippen molar-refractivity contribution < 1.29 is 0 Å². The third-order valence-corrected chi connectivity index (χ3v) is 2.12. The molecule has 0 heterocycles. The lowest BCUT2D eigenvalue weighted by Crippen LogP contribution is -2.34. The van der Waals surface area contributed by atoms with Crippen LogP contribution < -0.4 is 5.73 Å². The average Bonchev–Trinajstić information content (AvgIpc) is 1.83. The van der Waals surface area contributed by atoms with Gasteiger partial charge in [0.15, 0.2) is 0 Å². The highest BCUT2D eigenvalue weighted by Crippen LogP contribution is 2.13. The summed E-state index contributed by atoms with van der Waals surface area (Å²) in [5, 5.41) is 0. The normalized spacial score (nSPS) is 17.0. The predicted molar refractivity (Wildman–Crippen MR) is 55.2 cm³/mol. The Morgan fingerprint density at radius 1 is 1.08 bits per heavy atom. The molecule has 0 aliphatic rings. The van der Waals surface area contributed by atoms with Gasteiger partial charge < -0.3 is 10.6 Å². The minimum atomic E-state index is 0.316. The van der Waals surface area contributed by atoms with Crippen LogP contribution >= 0.6 is 0 Å². The monoisotopic (exact) mass is 172 g/mol. The Kier molecular flexibility index (Phi) is 5.51. The van der Waals surface area contributed by atoms with E-state index in [1.165, 1.54) is 6.42 Å². The van der Waals surface area contributed by atoms with Crippen molar-refractivity contribution >= 4 is 0 Å². The van der Waals surface area contributed by atoms with Gasteiger partial charge in [0.25, 0.3) is 0 Å². The third-order valence-electron chi connectivity index (χ3n) is 2.12. The first-order chi connectivity index (χ1) is 5.43. The van der Waals surface area contributed by atoms with Crippen LogP contribution in [0.2, 0.25) is 0 Å². The molecule has 0 fully saturated rings. The van der Waals surface area contributed by atoms with Crippen LogP contribution in [0.5, 0.6) is 0 Å². The average molecular weight is 172 g/mol. The van der Waals surface area contributed by atoms with Gasteiger partial charge in [-0.15, -0.1) is 0 Å². The number of hydrogen-bond donors (Lipinski definition) is 1. The molecule has 2 unspecified atom stereocenters. The second-order valence-corrected chi connectivity index (χ2v) is 4.46. The van der Waals surface area contributed by atoms with Gasteiger partial charge in [0.1, 0.15) is 0 Å². The predicted octanol–water partition coefficient (Wildman–Crippen LogP) is 1.70. The van der Waals surface area contributed by atoms with Crippen molar-refractivity contribution in [3.05, 3.63) is 0 Å². The van der Waals surface area contributed by atoms with Gasteiger partial charge in [0, 0.05) is 12.1 Å². The Hall–Kier alpha value is -0.0800. The first kappa shape index (κ1) is 11.9. The summed E-state index contributed by atoms with van der Waals surface area (Å²) in [4.78, 5) is 2.28. The van der Waals surface area contributed by atoms with E-state index in [-0.39, 0.29) is 0 Å². The quantitative estimate of drug-likeness (QED) is 0.684. The molecule has 0 aliphatic carbocycles. The van der Waals surface area contributed by atoms with Crippen molar-refractivity contribution in [3.8, 4) is 0 Å². The van der Waals surface area contributed by atoms with E-state index in [4.69, 9.17) is 5.73 Å². The van der Waals surface area contributed by atoms with Gasteiger partial charge in [-0.3, -0.25) is 0 Å². The molecular formula is C10H24N2. The molecule has 0 aromatic heterocycles. The summed E-state index contributed by atoms with van der Waals surface area (Å²) in [5.41, 5.74) is 5.78. The maximum Gasteiger partial charge on any atom is 0.0106 e. The molecule has 0 aliphatic heterocycles. The van der Waals surface area contributed by atoms with Crippen LogP contribution in [0.4, 0.5) is 0 Å². The van der Waals surface area contributed by atoms with E-state index in [0.717, 1.165) is 12.3 Å². The minimum Gasteiger partial charge on any atom is -0.328 e. The largest absolute Gasteiger partial charge is 0.328 e. The minimum absolute atomic E-state index is 0.316. The summed E-state index contributed by atoms with van der Waals surface area (Å²) in [6, 6.07) is 0.959. The van der Waals surface area contributed by atoms with Crippen molar-refractivity contribution in [3.63, 3.8) is 0 Å². The molecular weight excluding hydrogens is 148 g/mol. The maximum atomic E-state index is 5.78. The van der Waals surface area contributed by atoms with Crippen LogP contribution in [0.25, 0.3) is 0 Å². The molecule has 0 saturated carbocycles. The molecule has 12 heavy (non-hydrogen) atoms. The second-order valence-electron chi connectivity index (χ2n) is 4.46. The molecule has 2 heteroatoms. The van der Waals surface area contributed by atoms with Crippen LogP contribution in [0.1, 0.15) is 33.6 Å². The summed E-state index contributed by atoms with van der Waals surface area (Å²) >= 11 is 0. The lowest BCUT2D eigenvalue weighted by atomic mass is 9.98. The lowest BCUT2D eigenvalue weighted by Gasteiger charge is -2.27. The zero-order valence-electron chi connectivity index (χ0n) is 9.17. The van der Waals surface area contributed by atoms with Gasteiger partial charge in [-0.25, -0.2) is 0 Å². The number of rotatable bonds is 5. The molecule has 0 aromatic carbocycles. The van der Waals surface area contributed by atoms with E-state index in [1.807, 2.05) is 0 Å². The first-order valence-electron chi connectivity index (χ1n) is 4.85. The highest BCUT2D eigenvalue weighted by molar-refractivity contribution is 4.72. The van der Waals surface area contributed by atoms with Gasteiger partial charge in [-0.2, -0.15) is 0 Å². The van der Waals surface area contributed by atoms with Gasteiger partial charge in [-0.05, 0) is 39.8 Å². The number of nitrogens with zero attached hydrogens (tertiary/aromatic N) is 1. The fourth-order valence-corrected chi connectivity index (χ4v) is 1.49. The molecule has 2 N–H and O–H groups in total. The Bertz CT molecular complexity index is 98.4. The van der Waals surface area contributed by atoms with E-state index in [0.29, 0.717) is 12.1 Å². The summed E-state index contributed by atoms with van der Waals surface area (Å²) in [6.45, 7) is 6.60. The summed E-state index contributed by atoms with van der Waals surface area (Å²) < 4.78 is 0. The molecule has 0 amide bonds. The van der Waals surface area contributed by atoms with Crippen LogP contribution in [0.15, 0.2) is 0 Å². The van der Waals surface area contributed by atoms with E-state index < -0.39 is 0 Å². The van der Waals surface area contributed by atoms with Gasteiger partial charge in [0.05, 0.1) is 0 Å². The Balaban J connectivity index is 3.87. The molecule has 0 bridgehead atoms. The van der Waals surface area contributed by atoms with E-state index in [2.05, 4.69) is 39.8 Å². The maximum absolute atomic E-state index is 5.78. The number of nitrogens with two attached hydrogens (primary N) is 1. The van der Waals surface area contributed by atoms with E-state index >= 15 is 0 Å². The van der Waals surface area contributed by atoms with Crippen molar-refractivity contribution in [2.45, 2.75) is 45.7 Å². The Morgan fingerprint density at radius 2 is 1.58 bits per heavy atom. The van der Waals surface area contributed by atoms with Crippen molar-refractivity contribution in [2.24, 2.45) is 11.7 Å². The van der Waals surface area contributed by atoms with Gasteiger partial charge in [0.2, 0.25) is 0 Å². The first-order valence-corrected chi connectivity index (χ1v) is 4.85. The molecule has 2 nitrogen and oxygen atoms in total. The SMILES string of the molecule is CC(C)CC(CC(C)N)N(C)C. The molecule has 0 radical (unpaired) electrons. The van der Waals surface area contributed by atoms with Crippen molar-refractivity contribution in [1.29, 1.82) is 0 Å². The van der Waals surface area contributed by atoms with E-state index in [9.17, 15) is 0 Å². The van der Waals surface area contributed by atoms with E-state index in [1.54, 1.807) is 0 Å². The smallest absolute Gasteiger partial charge is 0.0106 e. The zero-order chi connectivity index (χ0) is 9.72. The zero-order valence-corrected chi connectivity index (χ0v) is 9.17. The third kappa shape index (κ3) is 5.56. The van der Waals surface area contributed by atoms with Crippen molar-refractivity contribution in [2.75, 3.05) is 14.1 Å². The number of hydrogen-bond acceptors (Lipinski definition) is 2. The van der Waals surface area contributed by atoms with Crippen LogP contribution in [0.3, 0.4) is 0 Å². The van der Waals surface area contributed by atoms with Gasteiger partial charge >= 0.3 is 0 Å². The van der Waals surface area contributed by atoms with Gasteiger partial charge in [-0.1, -0.05) is 13.8 Å². The highest BCUT2D eigenvalue weighted by Gasteiger charge is 2.14. The topological polar surface area (TPSA) is 29.3 Å². The fourth-order valence-electron chi connectivity index (χ4n) is 1.49. The molecule has 0 aromatic rings. The molecule has 2 atom stereocenters. The summed E-state index contributed by atoms with van der Waals surface area (Å²) in [5.74, 6) is 0.760.